The van der Waals surface area contributed by atoms with Crippen molar-refractivity contribution in [1.29, 1.82) is 0 Å². The van der Waals surface area contributed by atoms with Crippen LogP contribution in [0.4, 0.5) is 0 Å². The zero-order chi connectivity index (χ0) is 21.2. The van der Waals surface area contributed by atoms with Gasteiger partial charge >= 0.3 is 0 Å². The molecule has 2 N–H and O–H groups in total. The summed E-state index contributed by atoms with van der Waals surface area (Å²) in [5, 5.41) is 9.05. The van der Waals surface area contributed by atoms with Gasteiger partial charge in [0.25, 0.3) is 0 Å². The molecule has 0 bridgehead atoms. The lowest BCUT2D eigenvalue weighted by molar-refractivity contribution is 0.0177. The van der Waals surface area contributed by atoms with E-state index in [9.17, 15) is 0 Å². The molecular formula is C22H33IN4O3S. The summed E-state index contributed by atoms with van der Waals surface area (Å²) in [6, 6.07) is 10.7. The lowest BCUT2D eigenvalue weighted by Gasteiger charge is -2.34. The fourth-order valence-electron chi connectivity index (χ4n) is 3.55. The second kappa shape index (κ2) is 13.8. The first-order chi connectivity index (χ1) is 14.7. The van der Waals surface area contributed by atoms with Gasteiger partial charge in [0.05, 0.1) is 33.5 Å². The van der Waals surface area contributed by atoms with Gasteiger partial charge in [-0.15, -0.1) is 35.3 Å². The van der Waals surface area contributed by atoms with Crippen LogP contribution in [0.25, 0.3) is 0 Å². The van der Waals surface area contributed by atoms with Crippen LogP contribution in [0.3, 0.4) is 0 Å². The van der Waals surface area contributed by atoms with Crippen LogP contribution in [0.5, 0.6) is 11.5 Å². The molecule has 1 aromatic heterocycles. The minimum absolute atomic E-state index is 0. The van der Waals surface area contributed by atoms with Crippen molar-refractivity contribution in [1.82, 2.24) is 15.5 Å². The van der Waals surface area contributed by atoms with Crippen molar-refractivity contribution in [2.45, 2.75) is 12.5 Å². The van der Waals surface area contributed by atoms with Gasteiger partial charge in [-0.05, 0) is 35.6 Å². The van der Waals surface area contributed by atoms with Crippen molar-refractivity contribution in [2.75, 3.05) is 60.7 Å². The van der Waals surface area contributed by atoms with E-state index in [0.717, 1.165) is 63.3 Å². The second-order valence-electron chi connectivity index (χ2n) is 7.00. The van der Waals surface area contributed by atoms with Gasteiger partial charge in [0.1, 0.15) is 0 Å². The molecule has 3 rings (SSSR count). The predicted molar refractivity (Wildman–Crippen MR) is 137 cm³/mol. The van der Waals surface area contributed by atoms with Gasteiger partial charge in [-0.3, -0.25) is 9.89 Å². The highest BCUT2D eigenvalue weighted by Crippen LogP contribution is 2.27. The summed E-state index contributed by atoms with van der Waals surface area (Å²) in [7, 11) is 5.11. The molecule has 31 heavy (non-hydrogen) atoms. The highest BCUT2D eigenvalue weighted by Gasteiger charge is 2.23. The molecule has 0 amide bonds. The summed E-state index contributed by atoms with van der Waals surface area (Å²) < 4.78 is 16.2. The Labute approximate surface area is 206 Å². The Morgan fingerprint density at radius 2 is 1.94 bits per heavy atom. The minimum Gasteiger partial charge on any atom is -0.493 e. The van der Waals surface area contributed by atoms with E-state index in [1.165, 1.54) is 10.4 Å². The summed E-state index contributed by atoms with van der Waals surface area (Å²) in [6.07, 6.45) is 0.860. The number of aliphatic imine (C=N–C) groups is 1. The number of nitrogens with zero attached hydrogens (tertiary/aromatic N) is 2. The summed E-state index contributed by atoms with van der Waals surface area (Å²) in [5.74, 6) is 2.31. The molecule has 7 nitrogen and oxygen atoms in total. The number of benzene rings is 1. The van der Waals surface area contributed by atoms with Crippen LogP contribution < -0.4 is 20.1 Å². The third kappa shape index (κ3) is 7.51. The molecule has 1 unspecified atom stereocenters. The van der Waals surface area contributed by atoms with Crippen LogP contribution in [0.15, 0.2) is 40.7 Å². The van der Waals surface area contributed by atoms with Crippen LogP contribution in [-0.2, 0) is 11.2 Å². The van der Waals surface area contributed by atoms with Gasteiger partial charge < -0.3 is 24.8 Å². The van der Waals surface area contributed by atoms with Crippen molar-refractivity contribution < 1.29 is 14.2 Å². The number of thiophene rings is 1. The van der Waals surface area contributed by atoms with Gasteiger partial charge in [-0.2, -0.15) is 0 Å². The standard InChI is InChI=1S/C22H32N4O3S.HI/c1-23-22(24-9-8-17-6-7-19(27-2)20(15-17)28-3)25-16-18(21-5-4-14-30-21)26-10-12-29-13-11-26;/h4-7,14-15,18H,8-13,16H2,1-3H3,(H2,23,24,25);1H. The second-order valence-corrected chi connectivity index (χ2v) is 7.98. The molecule has 2 aromatic rings. The van der Waals surface area contributed by atoms with Crippen molar-refractivity contribution in [3.05, 3.63) is 46.2 Å². The Balaban J connectivity index is 0.00000341. The van der Waals surface area contributed by atoms with E-state index in [1.807, 2.05) is 12.1 Å². The first-order valence-corrected chi connectivity index (χ1v) is 11.1. The minimum atomic E-state index is 0. The lowest BCUT2D eigenvalue weighted by atomic mass is 10.1. The maximum Gasteiger partial charge on any atom is 0.191 e. The molecule has 1 fully saturated rings. The SMILES string of the molecule is CN=C(NCCc1ccc(OC)c(OC)c1)NCC(c1cccs1)N1CCOCC1.I. The van der Waals surface area contributed by atoms with Crippen molar-refractivity contribution in [3.63, 3.8) is 0 Å². The number of guanidine groups is 1. The largest absolute Gasteiger partial charge is 0.493 e. The van der Waals surface area contributed by atoms with E-state index in [2.05, 4.69) is 44.1 Å². The van der Waals surface area contributed by atoms with Gasteiger partial charge in [0.2, 0.25) is 0 Å². The smallest absolute Gasteiger partial charge is 0.191 e. The monoisotopic (exact) mass is 560 g/mol. The summed E-state index contributed by atoms with van der Waals surface area (Å²) in [4.78, 5) is 8.24. The van der Waals surface area contributed by atoms with Gasteiger partial charge in [-0.1, -0.05) is 12.1 Å². The Morgan fingerprint density at radius 3 is 2.58 bits per heavy atom. The van der Waals surface area contributed by atoms with E-state index >= 15 is 0 Å². The first kappa shape index (κ1) is 25.7. The topological polar surface area (TPSA) is 67.4 Å². The van der Waals surface area contributed by atoms with Crippen LogP contribution >= 0.6 is 35.3 Å². The zero-order valence-corrected chi connectivity index (χ0v) is 21.6. The number of methoxy groups -OCH3 is 2. The third-order valence-electron chi connectivity index (χ3n) is 5.20. The van der Waals surface area contributed by atoms with Crippen LogP contribution in [0.2, 0.25) is 0 Å². The van der Waals surface area contributed by atoms with Gasteiger partial charge in [0.15, 0.2) is 17.5 Å². The Hall–Kier alpha value is -1.56. The van der Waals surface area contributed by atoms with Crippen LogP contribution in [0.1, 0.15) is 16.5 Å². The quantitative estimate of drug-likeness (QED) is 0.279. The summed E-state index contributed by atoms with van der Waals surface area (Å²) in [5.41, 5.74) is 1.18. The number of ether oxygens (including phenoxy) is 3. The highest BCUT2D eigenvalue weighted by atomic mass is 127. The van der Waals surface area contributed by atoms with Crippen molar-refractivity contribution in [2.24, 2.45) is 4.99 Å². The lowest BCUT2D eigenvalue weighted by Crippen LogP contribution is -2.46. The number of halogens is 1. The maximum atomic E-state index is 5.53. The van der Waals surface area contributed by atoms with E-state index in [4.69, 9.17) is 14.2 Å². The molecule has 0 radical (unpaired) electrons. The predicted octanol–water partition coefficient (Wildman–Crippen LogP) is 3.16. The Kier molecular flexibility index (Phi) is 11.4. The Morgan fingerprint density at radius 1 is 1.16 bits per heavy atom. The van der Waals surface area contributed by atoms with E-state index in [1.54, 1.807) is 32.6 Å². The van der Waals surface area contributed by atoms with Gasteiger partial charge in [-0.25, -0.2) is 0 Å². The van der Waals surface area contributed by atoms with Crippen LogP contribution in [-0.4, -0.2) is 71.5 Å². The normalized spacial score (nSPS) is 15.6. The zero-order valence-electron chi connectivity index (χ0n) is 18.4. The summed E-state index contributed by atoms with van der Waals surface area (Å²) >= 11 is 1.80. The molecule has 1 saturated heterocycles. The van der Waals surface area contributed by atoms with Crippen molar-refractivity contribution in [3.8, 4) is 11.5 Å². The molecule has 0 aliphatic carbocycles. The first-order valence-electron chi connectivity index (χ1n) is 10.3. The van der Waals surface area contributed by atoms with E-state index in [0.29, 0.717) is 6.04 Å². The average molecular weight is 561 g/mol. The molecule has 1 aliphatic rings. The highest BCUT2D eigenvalue weighted by molar-refractivity contribution is 14.0. The van der Waals surface area contributed by atoms with Gasteiger partial charge in [0, 0.05) is 38.1 Å². The molecule has 1 atom stereocenters. The molecule has 1 aromatic carbocycles. The fraction of sp³-hybridized carbons (Fsp3) is 0.500. The van der Waals surface area contributed by atoms with Crippen molar-refractivity contribution >= 4 is 41.3 Å². The summed E-state index contributed by atoms with van der Waals surface area (Å²) in [6.45, 7) is 5.07. The molecule has 9 heteroatoms. The number of morpholine rings is 1. The van der Waals surface area contributed by atoms with E-state index in [-0.39, 0.29) is 24.0 Å². The number of nitrogens with one attached hydrogen (secondary N) is 2. The van der Waals surface area contributed by atoms with E-state index < -0.39 is 0 Å². The molecule has 0 spiro atoms. The molecule has 1 aliphatic heterocycles. The number of hydrogen-bond acceptors (Lipinski definition) is 6. The Bertz CT molecular complexity index is 798. The average Bonchev–Trinajstić information content (AvgIpc) is 3.33. The molecule has 172 valence electrons. The van der Waals surface area contributed by atoms with Crippen LogP contribution in [0, 0.1) is 0 Å². The third-order valence-corrected chi connectivity index (χ3v) is 6.17. The molecular weight excluding hydrogens is 527 g/mol. The molecule has 0 saturated carbocycles. The fourth-order valence-corrected chi connectivity index (χ4v) is 4.42. The maximum absolute atomic E-state index is 5.53. The number of hydrogen-bond donors (Lipinski definition) is 2. The number of rotatable bonds is 9. The molecule has 2 heterocycles.